The number of ether oxygens (including phenoxy) is 1. The summed E-state index contributed by atoms with van der Waals surface area (Å²) in [5, 5.41) is 9.77. The first-order valence-electron chi connectivity index (χ1n) is 16.2. The number of anilines is 2. The van der Waals surface area contributed by atoms with E-state index in [1.807, 2.05) is 98.9 Å². The lowest BCUT2D eigenvalue weighted by atomic mass is 9.82. The third kappa shape index (κ3) is 5.79. The molecule has 1 spiro atoms. The van der Waals surface area contributed by atoms with Gasteiger partial charge in [-0.15, -0.1) is 0 Å². The smallest absolute Gasteiger partial charge is 0.264 e. The number of amides is 3. The van der Waals surface area contributed by atoms with Gasteiger partial charge < -0.3 is 29.3 Å². The lowest BCUT2D eigenvalue weighted by Gasteiger charge is -2.32. The first-order chi connectivity index (χ1) is 22.0. The number of hydrogen-bond donors (Lipinski definition) is 2. The molecule has 3 aliphatic heterocycles. The predicted molar refractivity (Wildman–Crippen MR) is 178 cm³/mol. The standard InChI is InChI=1S/C36H43N3O6Si/c1-25-34(46(2,3)44)31(22-33(42)37(19-20-40)23-26-11-5-4-6-12-26)45-36(25)29-15-7-8-16-30(29)39(35(36)43)24-27-13-9-14-28(21-27)38-18-10-17-32(38)41/h4-9,11-16,21,25,31,34,40,44H,10,17-20,22-24H2,1-3H3/t25-,31+,34-,36+/m0/s1. The van der Waals surface area contributed by atoms with Crippen LogP contribution in [0.3, 0.4) is 0 Å². The van der Waals surface area contributed by atoms with Gasteiger partial charge in [-0.2, -0.15) is 0 Å². The van der Waals surface area contributed by atoms with Crippen LogP contribution in [0.25, 0.3) is 0 Å². The van der Waals surface area contributed by atoms with E-state index in [1.165, 1.54) is 0 Å². The van der Waals surface area contributed by atoms with Crippen molar-refractivity contribution in [2.24, 2.45) is 5.92 Å². The first-order valence-corrected chi connectivity index (χ1v) is 19.2. The fourth-order valence-electron chi connectivity index (χ4n) is 7.83. The molecule has 3 aliphatic rings. The second-order valence-corrected chi connectivity index (χ2v) is 17.3. The van der Waals surface area contributed by atoms with Gasteiger partial charge in [0, 0.05) is 48.8 Å². The molecule has 4 atom stereocenters. The van der Waals surface area contributed by atoms with Crippen LogP contribution in [0.2, 0.25) is 18.6 Å². The molecule has 3 aromatic rings. The summed E-state index contributed by atoms with van der Waals surface area (Å²) >= 11 is 0. The van der Waals surface area contributed by atoms with Crippen LogP contribution in [0.15, 0.2) is 78.9 Å². The zero-order chi connectivity index (χ0) is 32.6. The number of para-hydroxylation sites is 1. The highest BCUT2D eigenvalue weighted by Gasteiger charge is 2.66. The Balaban J connectivity index is 1.31. The molecule has 242 valence electrons. The second kappa shape index (κ2) is 12.8. The lowest BCUT2D eigenvalue weighted by molar-refractivity contribution is -0.150. The van der Waals surface area contributed by atoms with Crippen LogP contribution >= 0.6 is 0 Å². The molecule has 0 unspecified atom stereocenters. The Morgan fingerprint density at radius 2 is 1.74 bits per heavy atom. The van der Waals surface area contributed by atoms with Gasteiger partial charge in [0.25, 0.3) is 5.91 Å². The topological polar surface area (TPSA) is 111 Å². The predicted octanol–water partition coefficient (Wildman–Crippen LogP) is 4.57. The fourth-order valence-corrected chi connectivity index (χ4v) is 10.4. The number of carbonyl (C=O) groups is 3. The summed E-state index contributed by atoms with van der Waals surface area (Å²) < 4.78 is 6.86. The fraction of sp³-hybridized carbons (Fsp3) is 0.417. The third-order valence-corrected chi connectivity index (χ3v) is 12.3. The molecule has 0 aromatic heterocycles. The van der Waals surface area contributed by atoms with Crippen molar-refractivity contribution in [3.05, 3.63) is 95.6 Å². The number of nitrogens with zero attached hydrogens (tertiary/aromatic N) is 3. The van der Waals surface area contributed by atoms with Crippen LogP contribution in [0, 0.1) is 5.92 Å². The average Bonchev–Trinajstić information content (AvgIpc) is 3.66. The van der Waals surface area contributed by atoms with Gasteiger partial charge in [-0.3, -0.25) is 14.4 Å². The van der Waals surface area contributed by atoms with Gasteiger partial charge in [-0.25, -0.2) is 0 Å². The molecule has 0 bridgehead atoms. The number of hydrogen-bond acceptors (Lipinski definition) is 6. The van der Waals surface area contributed by atoms with Gasteiger partial charge in [-0.1, -0.05) is 67.6 Å². The minimum Gasteiger partial charge on any atom is -0.432 e. The molecule has 3 amide bonds. The van der Waals surface area contributed by atoms with Crippen LogP contribution in [-0.2, 0) is 37.8 Å². The van der Waals surface area contributed by atoms with E-state index in [-0.39, 0.29) is 37.3 Å². The number of carbonyl (C=O) groups excluding carboxylic acids is 3. The molecule has 2 saturated heterocycles. The Labute approximate surface area is 271 Å². The van der Waals surface area contributed by atoms with Crippen LogP contribution in [0.1, 0.15) is 42.9 Å². The number of rotatable bonds is 10. The van der Waals surface area contributed by atoms with Crippen LogP contribution < -0.4 is 9.80 Å². The summed E-state index contributed by atoms with van der Waals surface area (Å²) in [5.74, 6) is -0.696. The van der Waals surface area contributed by atoms with Crippen molar-refractivity contribution in [2.75, 3.05) is 29.5 Å². The van der Waals surface area contributed by atoms with Gasteiger partial charge >= 0.3 is 0 Å². The number of benzene rings is 3. The molecule has 0 aliphatic carbocycles. The van der Waals surface area contributed by atoms with Crippen molar-refractivity contribution >= 4 is 37.4 Å². The third-order valence-electron chi connectivity index (χ3n) is 9.84. The van der Waals surface area contributed by atoms with E-state index in [0.29, 0.717) is 26.1 Å². The SMILES string of the molecule is C[C@H]1[C@H]([Si](C)(C)O)[C@@H](CC(=O)N(CCO)Cc2ccccc2)O[C@]12C(=O)N(Cc1cccc(N3CCCC3=O)c1)c1ccccc12. The maximum atomic E-state index is 14.7. The van der Waals surface area contributed by atoms with Crippen molar-refractivity contribution in [2.45, 2.75) is 69.6 Å². The highest BCUT2D eigenvalue weighted by atomic mass is 28.4. The van der Waals surface area contributed by atoms with Crippen molar-refractivity contribution in [1.29, 1.82) is 0 Å². The number of aliphatic hydroxyl groups is 1. The average molecular weight is 642 g/mol. The molecule has 2 N–H and O–H groups in total. The minimum atomic E-state index is -2.97. The largest absolute Gasteiger partial charge is 0.432 e. The van der Waals surface area contributed by atoms with Gasteiger partial charge in [0.2, 0.25) is 11.8 Å². The molecule has 2 fully saturated rings. The normalized spacial score (nSPS) is 24.2. The maximum absolute atomic E-state index is 14.7. The highest BCUT2D eigenvalue weighted by molar-refractivity contribution is 6.71. The summed E-state index contributed by atoms with van der Waals surface area (Å²) in [4.78, 5) is 57.7. The van der Waals surface area contributed by atoms with Gasteiger partial charge in [0.05, 0.1) is 31.4 Å². The van der Waals surface area contributed by atoms with Crippen molar-refractivity contribution < 1.29 is 29.0 Å². The molecule has 0 saturated carbocycles. The Hall–Kier alpha value is -3.83. The number of aliphatic hydroxyl groups excluding tert-OH is 1. The zero-order valence-corrected chi connectivity index (χ0v) is 27.8. The quantitative estimate of drug-likeness (QED) is 0.314. The van der Waals surface area contributed by atoms with Crippen LogP contribution in [-0.4, -0.2) is 66.6 Å². The number of fused-ring (bicyclic) bond motifs is 2. The van der Waals surface area contributed by atoms with Crippen molar-refractivity contribution in [1.82, 2.24) is 4.90 Å². The zero-order valence-electron chi connectivity index (χ0n) is 26.8. The van der Waals surface area contributed by atoms with E-state index in [0.717, 1.165) is 34.5 Å². The van der Waals surface area contributed by atoms with Crippen molar-refractivity contribution in [3.63, 3.8) is 0 Å². The molecule has 46 heavy (non-hydrogen) atoms. The summed E-state index contributed by atoms with van der Waals surface area (Å²) in [6, 6.07) is 25.0. The maximum Gasteiger partial charge on any atom is 0.264 e. The summed E-state index contributed by atoms with van der Waals surface area (Å²) in [6.45, 7) is 6.97. The van der Waals surface area contributed by atoms with E-state index < -0.39 is 31.5 Å². The second-order valence-electron chi connectivity index (χ2n) is 13.3. The molecule has 9 nitrogen and oxygen atoms in total. The molecule has 10 heteroatoms. The van der Waals surface area contributed by atoms with Gasteiger partial charge in [-0.05, 0) is 48.8 Å². The Morgan fingerprint density at radius 3 is 2.43 bits per heavy atom. The molecule has 3 aromatic carbocycles. The van der Waals surface area contributed by atoms with Crippen LogP contribution in [0.4, 0.5) is 11.4 Å². The van der Waals surface area contributed by atoms with E-state index in [4.69, 9.17) is 4.74 Å². The first kappa shape index (κ1) is 32.1. The van der Waals surface area contributed by atoms with Gasteiger partial charge in [0.1, 0.15) is 0 Å². The Bertz CT molecular complexity index is 1610. The molecule has 3 heterocycles. The summed E-state index contributed by atoms with van der Waals surface area (Å²) in [7, 11) is -2.97. The molecular weight excluding hydrogens is 598 g/mol. The molecule has 0 radical (unpaired) electrons. The van der Waals surface area contributed by atoms with Gasteiger partial charge in [0.15, 0.2) is 13.9 Å². The summed E-state index contributed by atoms with van der Waals surface area (Å²) in [5.41, 5.74) is 2.40. The monoisotopic (exact) mass is 641 g/mol. The Morgan fingerprint density at radius 1 is 1.02 bits per heavy atom. The van der Waals surface area contributed by atoms with Crippen LogP contribution in [0.5, 0.6) is 0 Å². The van der Waals surface area contributed by atoms with Crippen molar-refractivity contribution in [3.8, 4) is 0 Å². The lowest BCUT2D eigenvalue weighted by Crippen LogP contribution is -2.46. The Kier molecular flexibility index (Phi) is 8.91. The van der Waals surface area contributed by atoms with E-state index in [1.54, 1.807) is 14.7 Å². The molecule has 6 rings (SSSR count). The minimum absolute atomic E-state index is 0.0120. The van der Waals surface area contributed by atoms with E-state index >= 15 is 0 Å². The van der Waals surface area contributed by atoms with E-state index in [2.05, 4.69) is 0 Å². The summed E-state index contributed by atoms with van der Waals surface area (Å²) in [6.07, 6.45) is 0.673. The molecular formula is C36H43N3O6Si. The highest BCUT2D eigenvalue weighted by Crippen LogP contribution is 2.59. The van der Waals surface area contributed by atoms with E-state index in [9.17, 15) is 24.3 Å².